The minimum atomic E-state index is -2.14. The van der Waals surface area contributed by atoms with Crippen molar-refractivity contribution >= 4 is 61.5 Å². The van der Waals surface area contributed by atoms with E-state index in [1.54, 1.807) is 12.1 Å². The number of para-hydroxylation sites is 2. The molecule has 54 heavy (non-hydrogen) atoms. The first-order valence-electron chi connectivity index (χ1n) is 19.8. The van der Waals surface area contributed by atoms with E-state index in [1.165, 1.54) is 21.2 Å². The van der Waals surface area contributed by atoms with E-state index >= 15 is 0 Å². The summed E-state index contributed by atoms with van der Waals surface area (Å²) in [4.78, 5) is 14.2. The van der Waals surface area contributed by atoms with Crippen LogP contribution in [0.25, 0.3) is 72.2 Å². The number of nitrogens with zero attached hydrogens (tertiary/aromatic N) is 4. The van der Waals surface area contributed by atoms with E-state index in [-0.39, 0.29) is 25.7 Å². The maximum absolute atomic E-state index is 8.49. The van der Waals surface area contributed by atoms with Gasteiger partial charge in [-0.15, -0.1) is 18.2 Å². The standard InChI is InChI=1S/C29H18N3O.C18H24GeN.Ir/c1-18-13-16-23-22-9-6-10-24(27(22)33-29(23)30-18)28-31-25-11-4-5-12-26(25)32(28)21-15-14-19-7-2-3-8-20(19)17-21;1-13(2)16-11-18(15-9-7-14(3)8-10-15)20-12-17(16)19(4,5)6;/h2-9,11-17H,1H3;7-9,11-13H,1-6H3;/q2*-1;/i;3D3,13D;. The Morgan fingerprint density at radius 1 is 0.833 bits per heavy atom. The van der Waals surface area contributed by atoms with Gasteiger partial charge in [0.15, 0.2) is 0 Å². The third-order valence-corrected chi connectivity index (χ3v) is 13.8. The van der Waals surface area contributed by atoms with Gasteiger partial charge in [-0.3, -0.25) is 4.98 Å². The van der Waals surface area contributed by atoms with Crippen molar-refractivity contribution in [1.29, 1.82) is 0 Å². The molecule has 0 N–H and O–H groups in total. The molecule has 0 atom stereocenters. The summed E-state index contributed by atoms with van der Waals surface area (Å²) in [5.74, 6) is 6.98. The molecule has 0 fully saturated rings. The van der Waals surface area contributed by atoms with Gasteiger partial charge in [0.25, 0.3) is 0 Å². The van der Waals surface area contributed by atoms with E-state index in [1.807, 2.05) is 69.4 Å². The van der Waals surface area contributed by atoms with Crippen molar-refractivity contribution in [3.05, 3.63) is 150 Å². The second-order valence-corrected chi connectivity index (χ2v) is 25.2. The van der Waals surface area contributed by atoms with Crippen molar-refractivity contribution in [3.8, 4) is 28.3 Å². The van der Waals surface area contributed by atoms with Crippen LogP contribution >= 0.6 is 0 Å². The third-order valence-electron chi connectivity index (χ3n) is 9.55. The molecule has 9 aromatic rings. The minimum absolute atomic E-state index is 0. The molecule has 0 saturated carbocycles. The molecule has 0 saturated heterocycles. The molecule has 0 bridgehead atoms. The van der Waals surface area contributed by atoms with Crippen LogP contribution in [0.4, 0.5) is 0 Å². The van der Waals surface area contributed by atoms with Gasteiger partial charge in [-0.2, -0.15) is 0 Å². The molecule has 0 amide bonds. The predicted molar refractivity (Wildman–Crippen MR) is 223 cm³/mol. The number of aryl methyl sites for hydroxylation is 2. The van der Waals surface area contributed by atoms with Crippen LogP contribution in [0.2, 0.25) is 17.3 Å². The van der Waals surface area contributed by atoms with E-state index in [0.717, 1.165) is 67.0 Å². The molecule has 271 valence electrons. The van der Waals surface area contributed by atoms with Gasteiger partial charge in [-0.05, 0) is 54.1 Å². The molecule has 5 aromatic carbocycles. The molecule has 4 aromatic heterocycles. The van der Waals surface area contributed by atoms with Crippen LogP contribution in [0.3, 0.4) is 0 Å². The number of rotatable bonds is 5. The summed E-state index contributed by atoms with van der Waals surface area (Å²) in [5.41, 5.74) is 8.92. The van der Waals surface area contributed by atoms with Crippen LogP contribution in [0.5, 0.6) is 0 Å². The molecule has 5 nitrogen and oxygen atoms in total. The largest absolute Gasteiger partial charge is 0 e. The van der Waals surface area contributed by atoms with Crippen LogP contribution in [-0.2, 0) is 20.1 Å². The molecule has 0 aliphatic rings. The van der Waals surface area contributed by atoms with Crippen molar-refractivity contribution < 1.29 is 30.0 Å². The SMILES string of the molecule is Cc1ccc2c(n1)oc1c(-c3nc4ccccc4n3-c3ccc4ccccc4c3)[c-]ccc12.[2H]C([2H])([2H])c1c[c-]c(-c2cc(C([2H])(C)C)[c]([Ge]([CH3])([CH3])[CH3])cn2)cc1.[Ir]. The van der Waals surface area contributed by atoms with E-state index in [2.05, 4.69) is 98.5 Å². The van der Waals surface area contributed by atoms with Gasteiger partial charge in [0, 0.05) is 36.9 Å². The van der Waals surface area contributed by atoms with Crippen molar-refractivity contribution in [1.82, 2.24) is 19.5 Å². The van der Waals surface area contributed by atoms with Crippen LogP contribution in [0, 0.1) is 25.9 Å². The van der Waals surface area contributed by atoms with Crippen LogP contribution in [-0.4, -0.2) is 32.8 Å². The maximum Gasteiger partial charge on any atom is 0 e. The molecule has 7 heteroatoms. The summed E-state index contributed by atoms with van der Waals surface area (Å²) in [6.45, 7) is 3.63. The Bertz CT molecular complexity index is 2940. The Balaban J connectivity index is 0.000000184. The number of benzene rings is 5. The Morgan fingerprint density at radius 3 is 2.39 bits per heavy atom. The number of aromatic nitrogens is 4. The number of pyridine rings is 2. The van der Waals surface area contributed by atoms with Crippen LogP contribution in [0.1, 0.15) is 42.0 Å². The van der Waals surface area contributed by atoms with Crippen molar-refractivity contribution in [2.24, 2.45) is 0 Å². The fourth-order valence-electron chi connectivity index (χ4n) is 6.85. The van der Waals surface area contributed by atoms with E-state index in [9.17, 15) is 0 Å². The molecule has 4 heterocycles. The molecule has 1 radical (unpaired) electrons. The van der Waals surface area contributed by atoms with E-state index in [0.29, 0.717) is 5.71 Å². The van der Waals surface area contributed by atoms with Gasteiger partial charge < -0.3 is 8.98 Å². The molecule has 0 unspecified atom stereocenters. The second kappa shape index (κ2) is 15.1. The van der Waals surface area contributed by atoms with Crippen molar-refractivity contribution in [2.75, 3.05) is 0 Å². The molecule has 0 aliphatic heterocycles. The minimum Gasteiger partial charge on any atom is 0 e. The zero-order valence-electron chi connectivity index (χ0n) is 35.1. The zero-order valence-corrected chi connectivity index (χ0v) is 35.6. The van der Waals surface area contributed by atoms with Gasteiger partial charge in [0.2, 0.25) is 5.71 Å². The topological polar surface area (TPSA) is 56.7 Å². The fraction of sp³-hybridized carbons (Fsp3) is 0.170. The summed E-state index contributed by atoms with van der Waals surface area (Å²) >= 11 is -2.14. The molecule has 9 rings (SSSR count). The molecular formula is C47H42GeIrN4O-2. The molecular weight excluding hydrogens is 901 g/mol. The van der Waals surface area contributed by atoms with Crippen LogP contribution < -0.4 is 4.40 Å². The van der Waals surface area contributed by atoms with Gasteiger partial charge in [-0.25, -0.2) is 4.98 Å². The number of imidazole rings is 1. The van der Waals surface area contributed by atoms with Gasteiger partial charge in [-0.1, -0.05) is 53.4 Å². The van der Waals surface area contributed by atoms with Gasteiger partial charge in [0.05, 0.1) is 22.4 Å². The first kappa shape index (κ1) is 32.5. The summed E-state index contributed by atoms with van der Waals surface area (Å²) in [6, 6.07) is 44.4. The van der Waals surface area contributed by atoms with Crippen molar-refractivity contribution in [3.63, 3.8) is 0 Å². The first-order valence-corrected chi connectivity index (χ1v) is 25.1. The predicted octanol–water partition coefficient (Wildman–Crippen LogP) is 11.8. The normalized spacial score (nSPS) is 13.1. The van der Waals surface area contributed by atoms with E-state index in [4.69, 9.17) is 14.9 Å². The fourth-order valence-corrected chi connectivity index (χ4v) is 10.2. The average Bonchev–Trinajstić information content (AvgIpc) is 3.75. The van der Waals surface area contributed by atoms with Gasteiger partial charge >= 0.3 is 131 Å². The summed E-state index contributed by atoms with van der Waals surface area (Å²) in [6.07, 6.45) is 1.91. The Labute approximate surface area is 338 Å². The summed E-state index contributed by atoms with van der Waals surface area (Å²) < 4.78 is 40.5. The number of hydrogen-bond donors (Lipinski definition) is 0. The number of furan rings is 1. The number of fused-ring (bicyclic) bond motifs is 5. The summed E-state index contributed by atoms with van der Waals surface area (Å²) in [5, 5.41) is 4.41. The average molecular weight is 948 g/mol. The quantitative estimate of drug-likeness (QED) is 0.127. The second-order valence-electron chi connectivity index (χ2n) is 14.7. The Kier molecular flexibility index (Phi) is 9.10. The zero-order chi connectivity index (χ0) is 40.3. The Morgan fingerprint density at radius 2 is 1.63 bits per heavy atom. The molecule has 0 aliphatic carbocycles. The van der Waals surface area contributed by atoms with Gasteiger partial charge in [0.1, 0.15) is 0 Å². The summed E-state index contributed by atoms with van der Waals surface area (Å²) in [7, 11) is 0. The monoisotopic (exact) mass is 949 g/mol. The smallest absolute Gasteiger partial charge is 0 e. The molecule has 0 spiro atoms. The third kappa shape index (κ3) is 7.18. The van der Waals surface area contributed by atoms with Crippen LogP contribution in [0.15, 0.2) is 126 Å². The number of hydrogen-bond acceptors (Lipinski definition) is 4. The Hall–Kier alpha value is -4.88. The van der Waals surface area contributed by atoms with Crippen molar-refractivity contribution in [2.45, 2.75) is 50.8 Å². The first-order chi connectivity index (χ1) is 27.1. The maximum atomic E-state index is 8.49. The van der Waals surface area contributed by atoms with E-state index < -0.39 is 26.0 Å².